The van der Waals surface area contributed by atoms with Crippen LogP contribution in [0.2, 0.25) is 0 Å². The maximum absolute atomic E-state index is 8.76. The van der Waals surface area contributed by atoms with Crippen molar-refractivity contribution in [3.63, 3.8) is 0 Å². The van der Waals surface area contributed by atoms with E-state index in [0.717, 1.165) is 0 Å². The molecular weight excluding hydrogens is 129 g/mol. The van der Waals surface area contributed by atoms with Crippen molar-refractivity contribution in [2.24, 2.45) is 0 Å². The molecule has 0 radical (unpaired) electrons. The summed E-state index contributed by atoms with van der Waals surface area (Å²) in [4.78, 5) is 0. The van der Waals surface area contributed by atoms with Crippen LogP contribution in [0.15, 0.2) is 0 Å². The molecule has 0 aromatic heterocycles. The zero-order valence-electron chi connectivity index (χ0n) is 1.19. The van der Waals surface area contributed by atoms with Gasteiger partial charge >= 0.3 is 56.6 Å². The summed E-state index contributed by atoms with van der Waals surface area (Å²) in [5, 5.41) is 0. The first-order valence-corrected chi connectivity index (χ1v) is 2.39. The van der Waals surface area contributed by atoms with Gasteiger partial charge in [-0.3, -0.25) is 0 Å². The summed E-state index contributed by atoms with van der Waals surface area (Å²) in [5.74, 6) is 0. The van der Waals surface area contributed by atoms with Gasteiger partial charge in [0.05, 0.1) is 0 Å². The minimum absolute atomic E-state index is 0. The zero-order valence-corrected chi connectivity index (χ0v) is 3.12. The van der Waals surface area contributed by atoms with Crippen molar-refractivity contribution in [1.29, 1.82) is 0 Å². The van der Waals surface area contributed by atoms with Crippen molar-refractivity contribution in [3.8, 4) is 0 Å². The van der Waals surface area contributed by atoms with Crippen molar-refractivity contribution in [2.75, 3.05) is 0 Å². The standard InChI is InChI=1S/Co.Na.OP.H/c;;1-2;/q+1;;-1;. The molecule has 0 aliphatic heterocycles. The molecule has 4 heavy (non-hydrogen) atoms. The predicted molar refractivity (Wildman–Crippen MR) is 14.8 cm³/mol. The topological polar surface area (TPSA) is 17.1 Å². The van der Waals surface area contributed by atoms with E-state index in [1.807, 2.05) is 0 Å². The van der Waals surface area contributed by atoms with E-state index >= 15 is 0 Å². The fraction of sp³-hybridized carbons (Fsp3) is 0. The summed E-state index contributed by atoms with van der Waals surface area (Å²) in [6, 6.07) is 0. The van der Waals surface area contributed by atoms with Crippen molar-refractivity contribution >= 4 is 36.7 Å². The van der Waals surface area contributed by atoms with Gasteiger partial charge in [-0.15, -0.1) is 0 Å². The molecule has 0 saturated heterocycles. The van der Waals surface area contributed by atoms with Crippen LogP contribution >= 0.6 is 7.19 Å². The summed E-state index contributed by atoms with van der Waals surface area (Å²) in [7, 11) is -0.146. The van der Waals surface area contributed by atoms with E-state index in [-0.39, 0.29) is 36.7 Å². The fourth-order valence-electron chi connectivity index (χ4n) is 0. The quantitative estimate of drug-likeness (QED) is 0.335. The molecular formula is HCoNaOP. The van der Waals surface area contributed by atoms with Gasteiger partial charge in [-0.05, 0) is 0 Å². The van der Waals surface area contributed by atoms with E-state index in [9.17, 15) is 0 Å². The van der Waals surface area contributed by atoms with Gasteiger partial charge in [-0.25, -0.2) is 0 Å². The molecule has 0 atom stereocenters. The first-order valence-electron chi connectivity index (χ1n) is 0.332. The molecule has 0 spiro atoms. The van der Waals surface area contributed by atoms with Crippen molar-refractivity contribution in [2.45, 2.75) is 0 Å². The molecule has 0 aromatic rings. The summed E-state index contributed by atoms with van der Waals surface area (Å²) < 4.78 is 8.76. The third-order valence-electron chi connectivity index (χ3n) is 0. The van der Waals surface area contributed by atoms with Crippen LogP contribution < -0.4 is 0 Å². The molecule has 0 bridgehead atoms. The molecule has 22 valence electrons. The van der Waals surface area contributed by atoms with Crippen LogP contribution in [0, 0.1) is 0 Å². The molecule has 0 rings (SSSR count). The van der Waals surface area contributed by atoms with E-state index in [1.165, 1.54) is 0 Å². The summed E-state index contributed by atoms with van der Waals surface area (Å²) in [6.07, 6.45) is 0. The number of hydrogen-bond donors (Lipinski definition) is 0. The Balaban J connectivity index is 0. The van der Waals surface area contributed by atoms with Crippen LogP contribution in [0.5, 0.6) is 0 Å². The van der Waals surface area contributed by atoms with Gasteiger partial charge in [0.15, 0.2) is 0 Å². The molecule has 0 aliphatic carbocycles. The molecule has 1 nitrogen and oxygen atoms in total. The van der Waals surface area contributed by atoms with Crippen LogP contribution in [0.3, 0.4) is 0 Å². The number of rotatable bonds is 0. The second kappa shape index (κ2) is 8.82. The van der Waals surface area contributed by atoms with E-state index < -0.39 is 0 Å². The second-order valence-corrected chi connectivity index (χ2v) is 0.753. The van der Waals surface area contributed by atoms with Crippen LogP contribution in [-0.4, -0.2) is 29.6 Å². The Morgan fingerprint density at radius 3 is 1.75 bits per heavy atom. The van der Waals surface area contributed by atoms with Crippen LogP contribution in [0.25, 0.3) is 0 Å². The molecule has 0 unspecified atom stereocenters. The minimum atomic E-state index is -0.146. The van der Waals surface area contributed by atoms with Gasteiger partial charge in [-0.2, -0.15) is 0 Å². The summed E-state index contributed by atoms with van der Waals surface area (Å²) in [5.41, 5.74) is 0. The molecule has 0 heterocycles. The SMILES string of the molecule is O=[P][Co].[NaH]. The third kappa shape index (κ3) is 9.49. The van der Waals surface area contributed by atoms with E-state index in [2.05, 4.69) is 15.3 Å². The molecule has 0 N–H and O–H groups in total. The van der Waals surface area contributed by atoms with Gasteiger partial charge in [0.1, 0.15) is 0 Å². The van der Waals surface area contributed by atoms with E-state index in [4.69, 9.17) is 4.57 Å². The molecule has 0 aliphatic rings. The van der Waals surface area contributed by atoms with Crippen LogP contribution in [0.1, 0.15) is 0 Å². The van der Waals surface area contributed by atoms with Gasteiger partial charge in [0.2, 0.25) is 0 Å². The first kappa shape index (κ1) is 9.15. The Morgan fingerprint density at radius 1 is 1.75 bits per heavy atom. The van der Waals surface area contributed by atoms with E-state index in [0.29, 0.717) is 0 Å². The second-order valence-electron chi connectivity index (χ2n) is 0.0609. The maximum atomic E-state index is 8.76. The molecule has 0 amide bonds. The third-order valence-corrected chi connectivity index (χ3v) is 0. The molecule has 0 aromatic carbocycles. The van der Waals surface area contributed by atoms with Crippen molar-refractivity contribution in [3.05, 3.63) is 0 Å². The normalized spacial score (nSPS) is 5.50. The Labute approximate surface area is 56.2 Å². The van der Waals surface area contributed by atoms with Crippen molar-refractivity contribution in [1.82, 2.24) is 0 Å². The van der Waals surface area contributed by atoms with Crippen LogP contribution in [0.4, 0.5) is 0 Å². The van der Waals surface area contributed by atoms with Crippen molar-refractivity contribution < 1.29 is 19.9 Å². The van der Waals surface area contributed by atoms with Gasteiger partial charge < -0.3 is 0 Å². The van der Waals surface area contributed by atoms with Gasteiger partial charge in [-0.1, -0.05) is 0 Å². The zero-order chi connectivity index (χ0) is 2.71. The average molecular weight is 130 g/mol. The average Bonchev–Trinajstić information content (AvgIpc) is 0.918. The fourth-order valence-corrected chi connectivity index (χ4v) is 0. The first-order chi connectivity index (χ1) is 1.41. The Hall–Kier alpha value is 1.61. The van der Waals surface area contributed by atoms with Crippen LogP contribution in [-0.2, 0) is 19.9 Å². The van der Waals surface area contributed by atoms with Gasteiger partial charge in [0.25, 0.3) is 0 Å². The molecule has 0 saturated carbocycles. The monoisotopic (exact) mass is 130 g/mol. The summed E-state index contributed by atoms with van der Waals surface area (Å²) in [6.45, 7) is 0. The predicted octanol–water partition coefficient (Wildman–Crippen LogP) is 0.0914. The Morgan fingerprint density at radius 2 is 1.75 bits per heavy atom. The molecule has 0 fully saturated rings. The molecule has 4 heteroatoms. The summed E-state index contributed by atoms with van der Waals surface area (Å²) >= 11 is 3.24. The number of hydrogen-bond acceptors (Lipinski definition) is 1. The van der Waals surface area contributed by atoms with Gasteiger partial charge in [0, 0.05) is 0 Å². The van der Waals surface area contributed by atoms with E-state index in [1.54, 1.807) is 0 Å². The Kier molecular flexibility index (Phi) is 20.2. The Bertz CT molecular complexity index is 15.5.